The van der Waals surface area contributed by atoms with Crippen molar-refractivity contribution in [2.45, 2.75) is 11.8 Å². The molecule has 0 radical (unpaired) electrons. The second kappa shape index (κ2) is 8.75. The largest absolute Gasteiger partial charge is 0.337 e. The molecule has 3 heterocycles. The maximum absolute atomic E-state index is 13.9. The van der Waals surface area contributed by atoms with Gasteiger partial charge in [-0.3, -0.25) is 14.7 Å². The molecule has 172 valence electrons. The van der Waals surface area contributed by atoms with Crippen LogP contribution in [0.25, 0.3) is 10.9 Å². The highest BCUT2D eigenvalue weighted by molar-refractivity contribution is 8.20. The smallest absolute Gasteiger partial charge is 0.274 e. The summed E-state index contributed by atoms with van der Waals surface area (Å²) < 4.78 is 0. The number of thioether (sulfide) groups is 2. The minimum absolute atomic E-state index is 0.0879. The Morgan fingerprint density at radius 2 is 1.86 bits per heavy atom. The summed E-state index contributed by atoms with van der Waals surface area (Å²) in [5.41, 5.74) is 4.54. The molecule has 6 rings (SSSR count). The predicted molar refractivity (Wildman–Crippen MR) is 148 cm³/mol. The van der Waals surface area contributed by atoms with Gasteiger partial charge in [0.25, 0.3) is 5.91 Å². The molecule has 0 spiro atoms. The van der Waals surface area contributed by atoms with Crippen molar-refractivity contribution in [3.05, 3.63) is 99.5 Å². The molecule has 0 N–H and O–H groups in total. The molecule has 4 aromatic rings. The van der Waals surface area contributed by atoms with Crippen molar-refractivity contribution in [1.82, 2.24) is 4.98 Å². The van der Waals surface area contributed by atoms with Gasteiger partial charge in [-0.15, -0.1) is 0 Å². The number of nitrogens with zero attached hydrogens (tertiary/aromatic N) is 4. The van der Waals surface area contributed by atoms with Crippen LogP contribution in [-0.4, -0.2) is 23.1 Å². The van der Waals surface area contributed by atoms with E-state index in [1.165, 1.54) is 11.8 Å². The van der Waals surface area contributed by atoms with Crippen LogP contribution in [-0.2, 0) is 4.79 Å². The second-order valence-electron chi connectivity index (χ2n) is 8.26. The number of benzene rings is 3. The van der Waals surface area contributed by atoms with Gasteiger partial charge in [0.15, 0.2) is 5.17 Å². The summed E-state index contributed by atoms with van der Waals surface area (Å²) in [6.07, 6.45) is 1.78. The third kappa shape index (κ3) is 3.99. The number of halogens is 1. The Bertz CT molecular complexity index is 1580. The number of aryl methyl sites for hydroxylation is 1. The SMILES string of the molecule is Cc1cccc(N2C(=O)/C(=C3/Sc4ccc(Cl)cc4N3C)SC2=Nc2ccc3ncccc3c2)c1. The van der Waals surface area contributed by atoms with Gasteiger partial charge in [-0.05, 0) is 78.8 Å². The lowest BCUT2D eigenvalue weighted by Gasteiger charge is -2.17. The van der Waals surface area contributed by atoms with Crippen LogP contribution in [0.5, 0.6) is 0 Å². The third-order valence-corrected chi connectivity index (χ3v) is 8.47. The lowest BCUT2D eigenvalue weighted by atomic mass is 10.2. The van der Waals surface area contributed by atoms with Gasteiger partial charge >= 0.3 is 0 Å². The number of aliphatic imine (C=N–C) groups is 1. The molecule has 0 bridgehead atoms. The Kier molecular flexibility index (Phi) is 5.56. The van der Waals surface area contributed by atoms with Crippen LogP contribution < -0.4 is 9.80 Å². The molecule has 2 aliphatic heterocycles. The maximum atomic E-state index is 13.9. The van der Waals surface area contributed by atoms with Crippen molar-refractivity contribution in [3.8, 4) is 0 Å². The summed E-state index contributed by atoms with van der Waals surface area (Å²) >= 11 is 9.22. The zero-order valence-electron chi connectivity index (χ0n) is 18.9. The summed E-state index contributed by atoms with van der Waals surface area (Å²) in [5, 5.41) is 3.17. The second-order valence-corrected chi connectivity index (χ2v) is 10.7. The normalized spacial score (nSPS) is 18.7. The number of carbonyl (C=O) groups is 1. The summed E-state index contributed by atoms with van der Waals surface area (Å²) in [5.74, 6) is -0.0879. The first-order valence-corrected chi connectivity index (χ1v) is 13.0. The molecule has 5 nitrogen and oxygen atoms in total. The Morgan fingerprint density at radius 1 is 0.971 bits per heavy atom. The standard InChI is InChI=1S/C27H19ClN4OS2/c1-16-5-3-7-20(13-16)32-25(33)24(26-31(2)22-15-18(28)8-11-23(22)34-26)35-27(32)30-19-9-10-21-17(14-19)6-4-12-29-21/h3-15H,1-2H3/b26-24-,30-27?. The number of anilines is 2. The topological polar surface area (TPSA) is 48.8 Å². The fourth-order valence-corrected chi connectivity index (χ4v) is 6.63. The number of pyridine rings is 1. The van der Waals surface area contributed by atoms with Crippen LogP contribution in [0.4, 0.5) is 17.1 Å². The Balaban J connectivity index is 1.47. The summed E-state index contributed by atoms with van der Waals surface area (Å²) in [6, 6.07) is 23.5. The first-order valence-electron chi connectivity index (χ1n) is 11.0. The lowest BCUT2D eigenvalue weighted by Crippen LogP contribution is -2.29. The molecule has 1 aromatic heterocycles. The highest BCUT2D eigenvalue weighted by atomic mass is 35.5. The molecule has 35 heavy (non-hydrogen) atoms. The zero-order chi connectivity index (χ0) is 24.1. The van der Waals surface area contributed by atoms with Gasteiger partial charge in [0.2, 0.25) is 0 Å². The Hall–Kier alpha value is -3.26. The van der Waals surface area contributed by atoms with Gasteiger partial charge in [0, 0.05) is 28.5 Å². The monoisotopic (exact) mass is 514 g/mol. The van der Waals surface area contributed by atoms with E-state index in [9.17, 15) is 4.79 Å². The van der Waals surface area contributed by atoms with Crippen LogP contribution in [0.15, 0.2) is 98.8 Å². The van der Waals surface area contributed by atoms with Gasteiger partial charge < -0.3 is 4.90 Å². The van der Waals surface area contributed by atoms with E-state index in [0.717, 1.165) is 43.5 Å². The molecule has 0 atom stereocenters. The molecule has 1 amide bonds. The van der Waals surface area contributed by atoms with E-state index in [4.69, 9.17) is 16.6 Å². The number of aromatic nitrogens is 1. The average Bonchev–Trinajstić information content (AvgIpc) is 3.34. The van der Waals surface area contributed by atoms with Gasteiger partial charge in [-0.2, -0.15) is 0 Å². The van der Waals surface area contributed by atoms with Crippen LogP contribution in [0.1, 0.15) is 5.56 Å². The number of hydrogen-bond acceptors (Lipinski definition) is 6. The number of amides is 1. The molecule has 2 aliphatic rings. The highest BCUT2D eigenvalue weighted by Gasteiger charge is 2.40. The number of hydrogen-bond donors (Lipinski definition) is 0. The molecule has 3 aromatic carbocycles. The molecular formula is C27H19ClN4OS2. The van der Waals surface area contributed by atoms with Gasteiger partial charge in [0.05, 0.1) is 27.6 Å². The van der Waals surface area contributed by atoms with E-state index in [0.29, 0.717) is 15.1 Å². The zero-order valence-corrected chi connectivity index (χ0v) is 21.3. The molecule has 1 saturated heterocycles. The average molecular weight is 515 g/mol. The van der Waals surface area contributed by atoms with Crippen molar-refractivity contribution in [1.29, 1.82) is 0 Å². The first kappa shape index (κ1) is 22.2. The lowest BCUT2D eigenvalue weighted by molar-refractivity contribution is -0.113. The quantitative estimate of drug-likeness (QED) is 0.261. The molecule has 0 aliphatic carbocycles. The van der Waals surface area contributed by atoms with Crippen molar-refractivity contribution in [3.63, 3.8) is 0 Å². The predicted octanol–water partition coefficient (Wildman–Crippen LogP) is 7.38. The number of carbonyl (C=O) groups excluding carboxylic acids is 1. The molecule has 0 unspecified atom stereocenters. The maximum Gasteiger partial charge on any atom is 0.274 e. The van der Waals surface area contributed by atoms with Crippen molar-refractivity contribution >= 4 is 74.2 Å². The fourth-order valence-electron chi connectivity index (χ4n) is 4.13. The highest BCUT2D eigenvalue weighted by Crippen LogP contribution is 2.51. The summed E-state index contributed by atoms with van der Waals surface area (Å²) in [6.45, 7) is 2.02. The number of amidine groups is 1. The molecule has 8 heteroatoms. The van der Waals surface area contributed by atoms with Gasteiger partial charge in [0.1, 0.15) is 4.91 Å². The Morgan fingerprint density at radius 3 is 2.71 bits per heavy atom. The minimum atomic E-state index is -0.0879. The summed E-state index contributed by atoms with van der Waals surface area (Å²) in [4.78, 5) is 28.7. The number of rotatable bonds is 2. The van der Waals surface area contributed by atoms with Gasteiger partial charge in [-0.1, -0.05) is 41.6 Å². The Labute approximate surface area is 216 Å². The van der Waals surface area contributed by atoms with E-state index >= 15 is 0 Å². The van der Waals surface area contributed by atoms with Crippen molar-refractivity contribution in [2.75, 3.05) is 16.8 Å². The molecule has 0 saturated carbocycles. The van der Waals surface area contributed by atoms with E-state index in [-0.39, 0.29) is 5.91 Å². The third-order valence-electron chi connectivity index (χ3n) is 5.84. The minimum Gasteiger partial charge on any atom is -0.337 e. The van der Waals surface area contributed by atoms with Crippen LogP contribution in [0, 0.1) is 6.92 Å². The van der Waals surface area contributed by atoms with Crippen LogP contribution >= 0.6 is 35.1 Å². The van der Waals surface area contributed by atoms with Crippen LogP contribution in [0.2, 0.25) is 5.02 Å². The van der Waals surface area contributed by atoms with E-state index < -0.39 is 0 Å². The number of fused-ring (bicyclic) bond motifs is 2. The van der Waals surface area contributed by atoms with Crippen molar-refractivity contribution in [2.24, 2.45) is 4.99 Å². The molecule has 1 fully saturated rings. The first-order chi connectivity index (χ1) is 17.0. The van der Waals surface area contributed by atoms with E-state index in [2.05, 4.69) is 4.98 Å². The van der Waals surface area contributed by atoms with Gasteiger partial charge in [-0.25, -0.2) is 4.99 Å². The van der Waals surface area contributed by atoms with E-state index in [1.54, 1.807) is 22.9 Å². The van der Waals surface area contributed by atoms with Crippen molar-refractivity contribution < 1.29 is 4.79 Å². The fraction of sp³-hybridized carbons (Fsp3) is 0.0741. The van der Waals surface area contributed by atoms with Crippen LogP contribution in [0.3, 0.4) is 0 Å². The summed E-state index contributed by atoms with van der Waals surface area (Å²) in [7, 11) is 1.97. The van der Waals surface area contributed by atoms with E-state index in [1.807, 2.05) is 91.7 Å². The molecular weight excluding hydrogens is 496 g/mol.